The fraction of sp³-hybridized carbons (Fsp3) is 0.450. The molecule has 4 heterocycles. The molecule has 0 aromatic carbocycles. The molecular formula is C20H22ClFN4O2. The van der Waals surface area contributed by atoms with Gasteiger partial charge in [-0.15, -0.1) is 0 Å². The van der Waals surface area contributed by atoms with Crippen LogP contribution in [-0.4, -0.2) is 48.4 Å². The van der Waals surface area contributed by atoms with Crippen molar-refractivity contribution >= 4 is 29.1 Å². The van der Waals surface area contributed by atoms with Gasteiger partial charge >= 0.3 is 0 Å². The van der Waals surface area contributed by atoms with Crippen molar-refractivity contribution in [1.29, 1.82) is 0 Å². The van der Waals surface area contributed by atoms with E-state index in [-0.39, 0.29) is 5.91 Å². The van der Waals surface area contributed by atoms with Gasteiger partial charge in [-0.2, -0.15) is 0 Å². The molecule has 1 fully saturated rings. The lowest BCUT2D eigenvalue weighted by atomic mass is 10.0. The quantitative estimate of drug-likeness (QED) is 0.848. The van der Waals surface area contributed by atoms with Crippen molar-refractivity contribution in [1.82, 2.24) is 9.97 Å². The smallest absolute Gasteiger partial charge is 0.257 e. The van der Waals surface area contributed by atoms with Crippen LogP contribution in [0.4, 0.5) is 16.0 Å². The summed E-state index contributed by atoms with van der Waals surface area (Å²) in [4.78, 5) is 23.9. The molecule has 8 heteroatoms. The van der Waals surface area contributed by atoms with Gasteiger partial charge in [0.25, 0.3) is 5.91 Å². The number of hydrogen-bond donors (Lipinski definition) is 1. The number of piperidine rings is 1. The van der Waals surface area contributed by atoms with Crippen molar-refractivity contribution in [2.45, 2.75) is 31.9 Å². The van der Waals surface area contributed by atoms with E-state index in [4.69, 9.17) is 21.3 Å². The minimum absolute atomic E-state index is 0.259. The van der Waals surface area contributed by atoms with E-state index in [1.807, 2.05) is 4.90 Å². The summed E-state index contributed by atoms with van der Waals surface area (Å²) in [5, 5.41) is 3.33. The second-order valence-electron chi connectivity index (χ2n) is 7.07. The van der Waals surface area contributed by atoms with Crippen molar-refractivity contribution in [2.75, 3.05) is 36.5 Å². The normalized spacial score (nSPS) is 19.6. The Morgan fingerprint density at radius 1 is 1.32 bits per heavy atom. The van der Waals surface area contributed by atoms with E-state index >= 15 is 0 Å². The minimum atomic E-state index is -0.867. The lowest BCUT2D eigenvalue weighted by molar-refractivity contribution is 0.102. The summed E-state index contributed by atoms with van der Waals surface area (Å²) >= 11 is 5.86. The average Bonchev–Trinajstić information content (AvgIpc) is 2.94. The van der Waals surface area contributed by atoms with Gasteiger partial charge in [-0.05, 0) is 43.0 Å². The Balaban J connectivity index is 1.68. The molecule has 1 saturated heterocycles. The maximum atomic E-state index is 13.9. The Morgan fingerprint density at radius 2 is 2.18 bits per heavy atom. The molecule has 0 spiro atoms. The second-order valence-corrected chi connectivity index (χ2v) is 7.50. The zero-order valence-corrected chi connectivity index (χ0v) is 16.2. The first-order valence-corrected chi connectivity index (χ1v) is 9.90. The summed E-state index contributed by atoms with van der Waals surface area (Å²) in [5.41, 5.74) is 2.29. The maximum absolute atomic E-state index is 13.9. The van der Waals surface area contributed by atoms with Crippen molar-refractivity contribution < 1.29 is 13.9 Å². The summed E-state index contributed by atoms with van der Waals surface area (Å²) in [7, 11) is 0. The van der Waals surface area contributed by atoms with Crippen LogP contribution in [0.15, 0.2) is 24.4 Å². The monoisotopic (exact) mass is 404 g/mol. The van der Waals surface area contributed by atoms with Crippen LogP contribution < -0.4 is 10.2 Å². The number of anilines is 2. The number of hydrogen-bond acceptors (Lipinski definition) is 5. The van der Waals surface area contributed by atoms with Crippen LogP contribution in [0, 0.1) is 0 Å². The number of alkyl halides is 1. The van der Waals surface area contributed by atoms with Gasteiger partial charge in [0.2, 0.25) is 0 Å². The van der Waals surface area contributed by atoms with Gasteiger partial charge < -0.3 is 15.0 Å². The lowest BCUT2D eigenvalue weighted by Crippen LogP contribution is -2.37. The summed E-state index contributed by atoms with van der Waals surface area (Å²) in [5.74, 6) is 0.816. The molecule has 28 heavy (non-hydrogen) atoms. The number of fused-ring (bicyclic) bond motifs is 1. The Morgan fingerprint density at radius 3 is 2.96 bits per heavy atom. The van der Waals surface area contributed by atoms with Gasteiger partial charge in [0, 0.05) is 30.4 Å². The topological polar surface area (TPSA) is 67.4 Å². The van der Waals surface area contributed by atoms with Crippen molar-refractivity contribution in [2.24, 2.45) is 0 Å². The van der Waals surface area contributed by atoms with Gasteiger partial charge in [0.1, 0.15) is 17.8 Å². The predicted molar refractivity (Wildman–Crippen MR) is 106 cm³/mol. The highest BCUT2D eigenvalue weighted by Crippen LogP contribution is 2.27. The van der Waals surface area contributed by atoms with Crippen molar-refractivity contribution in [3.63, 3.8) is 0 Å². The lowest BCUT2D eigenvalue weighted by Gasteiger charge is -2.31. The first kappa shape index (κ1) is 19.1. The number of nitrogens with zero attached hydrogens (tertiary/aromatic N) is 3. The predicted octanol–water partition coefficient (Wildman–Crippen LogP) is 3.44. The van der Waals surface area contributed by atoms with Crippen LogP contribution in [0.2, 0.25) is 5.02 Å². The van der Waals surface area contributed by atoms with Crippen molar-refractivity contribution in [3.8, 4) is 0 Å². The molecule has 0 saturated carbocycles. The van der Waals surface area contributed by atoms with Crippen LogP contribution >= 0.6 is 11.6 Å². The van der Waals surface area contributed by atoms with Crippen LogP contribution in [0.5, 0.6) is 0 Å². The number of aromatic nitrogens is 2. The summed E-state index contributed by atoms with van der Waals surface area (Å²) in [6.07, 6.45) is 3.22. The Bertz CT molecular complexity index is 862. The van der Waals surface area contributed by atoms with E-state index < -0.39 is 6.17 Å². The Kier molecular flexibility index (Phi) is 5.73. The molecular weight excluding hydrogens is 383 g/mol. The van der Waals surface area contributed by atoms with Crippen LogP contribution in [0.3, 0.4) is 0 Å². The summed E-state index contributed by atoms with van der Waals surface area (Å²) < 4.78 is 19.5. The molecule has 1 amide bonds. The summed E-state index contributed by atoms with van der Waals surface area (Å²) in [6, 6.07) is 5.10. The number of ether oxygens (including phenoxy) is 1. The fourth-order valence-electron chi connectivity index (χ4n) is 3.67. The van der Waals surface area contributed by atoms with Crippen molar-refractivity contribution in [3.05, 3.63) is 46.2 Å². The molecule has 2 aromatic heterocycles. The van der Waals surface area contributed by atoms with Gasteiger partial charge in [0.15, 0.2) is 0 Å². The third kappa shape index (κ3) is 4.25. The van der Waals surface area contributed by atoms with E-state index in [0.29, 0.717) is 61.2 Å². The molecule has 2 aliphatic heterocycles. The average molecular weight is 405 g/mol. The molecule has 0 aliphatic carbocycles. The highest BCUT2D eigenvalue weighted by atomic mass is 35.5. The maximum Gasteiger partial charge on any atom is 0.257 e. The molecule has 1 N–H and O–H groups in total. The SMILES string of the molecule is O=C(Nc1ccc(Cl)cn1)c1cc(N2CCCC(F)C2)nc2c1CCOCC2. The van der Waals surface area contributed by atoms with Gasteiger partial charge in [0.05, 0.1) is 24.8 Å². The van der Waals surface area contributed by atoms with Crippen LogP contribution in [0.1, 0.15) is 34.5 Å². The number of rotatable bonds is 3. The highest BCUT2D eigenvalue weighted by Gasteiger charge is 2.25. The highest BCUT2D eigenvalue weighted by molar-refractivity contribution is 6.30. The number of carbonyl (C=O) groups excluding carboxylic acids is 1. The summed E-state index contributed by atoms with van der Waals surface area (Å²) in [6.45, 7) is 2.16. The number of carbonyl (C=O) groups is 1. The Hall–Kier alpha value is -2.25. The number of amides is 1. The molecule has 1 unspecified atom stereocenters. The number of nitrogens with one attached hydrogen (secondary N) is 1. The number of halogens is 2. The van der Waals surface area contributed by atoms with E-state index in [0.717, 1.165) is 24.2 Å². The second kappa shape index (κ2) is 8.41. The molecule has 4 rings (SSSR count). The van der Waals surface area contributed by atoms with Gasteiger partial charge in [-0.25, -0.2) is 14.4 Å². The van der Waals surface area contributed by atoms with Crippen LogP contribution in [0.25, 0.3) is 0 Å². The van der Waals surface area contributed by atoms with E-state index in [9.17, 15) is 9.18 Å². The molecule has 148 valence electrons. The third-order valence-corrected chi connectivity index (χ3v) is 5.30. The first-order chi connectivity index (χ1) is 13.6. The molecule has 0 bridgehead atoms. The zero-order chi connectivity index (χ0) is 19.5. The van der Waals surface area contributed by atoms with Crippen LogP contribution in [-0.2, 0) is 17.6 Å². The Labute approximate surface area is 168 Å². The largest absolute Gasteiger partial charge is 0.381 e. The van der Waals surface area contributed by atoms with E-state index in [1.54, 1.807) is 18.2 Å². The molecule has 2 aromatic rings. The number of pyridine rings is 2. The molecule has 6 nitrogen and oxygen atoms in total. The fourth-order valence-corrected chi connectivity index (χ4v) is 3.78. The first-order valence-electron chi connectivity index (χ1n) is 9.52. The molecule has 1 atom stereocenters. The van der Waals surface area contributed by atoms with Gasteiger partial charge in [-0.1, -0.05) is 11.6 Å². The third-order valence-electron chi connectivity index (χ3n) is 5.08. The molecule has 2 aliphatic rings. The molecule has 0 radical (unpaired) electrons. The minimum Gasteiger partial charge on any atom is -0.381 e. The van der Waals surface area contributed by atoms with E-state index in [1.165, 1.54) is 6.20 Å². The zero-order valence-electron chi connectivity index (χ0n) is 15.5. The van der Waals surface area contributed by atoms with Gasteiger partial charge in [-0.3, -0.25) is 4.79 Å². The van der Waals surface area contributed by atoms with E-state index in [2.05, 4.69) is 10.3 Å². The standard InChI is InChI=1S/C20H22ClFN4O2/c21-13-3-4-18(23-11-13)25-20(27)16-10-19(26-7-1-2-14(22)12-26)24-17-6-9-28-8-5-15(16)17/h3-4,10-11,14H,1-2,5-9,12H2,(H,23,25,27).